The molecule has 1 aromatic carbocycles. The Morgan fingerprint density at radius 2 is 1.93 bits per heavy atom. The summed E-state index contributed by atoms with van der Waals surface area (Å²) in [5.74, 6) is -0.120. The van der Waals surface area contributed by atoms with Crippen LogP contribution in [0, 0.1) is 6.92 Å². The molecular formula is C18H17F3N8O. The summed E-state index contributed by atoms with van der Waals surface area (Å²) in [4.78, 5) is 7.53. The number of aromatic nitrogens is 7. The Hall–Kier alpha value is -3.54. The average Bonchev–Trinajstić information content (AvgIpc) is 3.28. The van der Waals surface area contributed by atoms with Crippen molar-refractivity contribution in [3.63, 3.8) is 0 Å². The molecule has 3 heterocycles. The number of fused-ring (bicyclic) bond motifs is 1. The Balaban J connectivity index is 1.92. The number of hydrogen-bond donors (Lipinski definition) is 2. The van der Waals surface area contributed by atoms with Gasteiger partial charge < -0.3 is 10.8 Å². The number of aliphatic hydroxyl groups is 1. The van der Waals surface area contributed by atoms with Crippen molar-refractivity contribution < 1.29 is 18.3 Å². The van der Waals surface area contributed by atoms with Crippen molar-refractivity contribution in [2.24, 2.45) is 7.05 Å². The molecule has 4 aromatic rings. The van der Waals surface area contributed by atoms with Gasteiger partial charge in [0.2, 0.25) is 0 Å². The summed E-state index contributed by atoms with van der Waals surface area (Å²) in [7, 11) is 1.60. The SMILES string of the molecule is Cc1ccc(C(C)(O)c2nnnn2C)cc1-c1cnc2c(N)nc(C(F)(F)F)cn12. The highest BCUT2D eigenvalue weighted by molar-refractivity contribution is 5.72. The van der Waals surface area contributed by atoms with E-state index in [1.165, 1.54) is 22.2 Å². The first kappa shape index (κ1) is 19.8. The van der Waals surface area contributed by atoms with Crippen LogP contribution in [0.2, 0.25) is 0 Å². The van der Waals surface area contributed by atoms with Gasteiger partial charge in [0.1, 0.15) is 5.60 Å². The maximum absolute atomic E-state index is 13.2. The number of nitrogens with two attached hydrogens (primary N) is 1. The molecular weight excluding hydrogens is 401 g/mol. The molecule has 0 spiro atoms. The van der Waals surface area contributed by atoms with Crippen LogP contribution in [0.3, 0.4) is 0 Å². The van der Waals surface area contributed by atoms with Crippen molar-refractivity contribution in [2.45, 2.75) is 25.6 Å². The summed E-state index contributed by atoms with van der Waals surface area (Å²) in [6.45, 7) is 3.33. The first-order valence-electron chi connectivity index (χ1n) is 8.77. The highest BCUT2D eigenvalue weighted by Gasteiger charge is 2.35. The summed E-state index contributed by atoms with van der Waals surface area (Å²) < 4.78 is 42.3. The topological polar surface area (TPSA) is 120 Å². The van der Waals surface area contributed by atoms with Gasteiger partial charge in [-0.05, 0) is 41.5 Å². The van der Waals surface area contributed by atoms with Crippen LogP contribution >= 0.6 is 0 Å². The number of tetrazole rings is 1. The van der Waals surface area contributed by atoms with Crippen molar-refractivity contribution >= 4 is 11.5 Å². The van der Waals surface area contributed by atoms with Crippen molar-refractivity contribution in [1.29, 1.82) is 0 Å². The van der Waals surface area contributed by atoms with Gasteiger partial charge in [-0.1, -0.05) is 12.1 Å². The van der Waals surface area contributed by atoms with Crippen molar-refractivity contribution in [3.05, 3.63) is 53.2 Å². The van der Waals surface area contributed by atoms with Gasteiger partial charge in [0.05, 0.1) is 11.9 Å². The summed E-state index contributed by atoms with van der Waals surface area (Å²) >= 11 is 0. The molecule has 30 heavy (non-hydrogen) atoms. The van der Waals surface area contributed by atoms with Gasteiger partial charge in [-0.25, -0.2) is 14.6 Å². The fourth-order valence-corrected chi connectivity index (χ4v) is 3.32. The Morgan fingerprint density at radius 3 is 2.57 bits per heavy atom. The first-order valence-corrected chi connectivity index (χ1v) is 8.77. The minimum absolute atomic E-state index is 0.104. The number of halogens is 3. The van der Waals surface area contributed by atoms with E-state index < -0.39 is 17.5 Å². The monoisotopic (exact) mass is 418 g/mol. The van der Waals surface area contributed by atoms with Crippen molar-refractivity contribution in [1.82, 2.24) is 34.6 Å². The van der Waals surface area contributed by atoms with E-state index in [-0.39, 0.29) is 17.3 Å². The van der Waals surface area contributed by atoms with Gasteiger partial charge in [0.15, 0.2) is 23.0 Å². The lowest BCUT2D eigenvalue weighted by Gasteiger charge is -2.23. The molecule has 0 amide bonds. The van der Waals surface area contributed by atoms with E-state index in [9.17, 15) is 18.3 Å². The Morgan fingerprint density at radius 1 is 1.20 bits per heavy atom. The number of rotatable bonds is 3. The van der Waals surface area contributed by atoms with E-state index in [4.69, 9.17) is 5.73 Å². The first-order chi connectivity index (χ1) is 14.0. The fraction of sp³-hybridized carbons (Fsp3) is 0.278. The molecule has 12 heteroatoms. The number of nitrogen functional groups attached to an aromatic ring is 1. The molecule has 0 aliphatic carbocycles. The average molecular weight is 418 g/mol. The second kappa shape index (κ2) is 6.49. The quantitative estimate of drug-likeness (QED) is 0.523. The van der Waals surface area contributed by atoms with Crippen LogP contribution in [-0.2, 0) is 18.8 Å². The second-order valence-corrected chi connectivity index (χ2v) is 7.07. The highest BCUT2D eigenvalue weighted by Crippen LogP contribution is 2.34. The molecule has 0 aliphatic heterocycles. The summed E-state index contributed by atoms with van der Waals surface area (Å²) in [5.41, 5.74) is 5.29. The molecule has 1 atom stereocenters. The van der Waals surface area contributed by atoms with Crippen LogP contribution in [0.4, 0.5) is 19.0 Å². The molecule has 0 saturated heterocycles. The predicted molar refractivity (Wildman–Crippen MR) is 100 cm³/mol. The zero-order valence-electron chi connectivity index (χ0n) is 16.2. The lowest BCUT2D eigenvalue weighted by molar-refractivity contribution is -0.141. The lowest BCUT2D eigenvalue weighted by atomic mass is 9.91. The molecule has 3 aromatic heterocycles. The maximum atomic E-state index is 13.2. The zero-order valence-corrected chi connectivity index (χ0v) is 16.2. The van der Waals surface area contributed by atoms with Crippen molar-refractivity contribution in [2.75, 3.05) is 5.73 Å². The van der Waals surface area contributed by atoms with Crippen LogP contribution < -0.4 is 5.73 Å². The minimum Gasteiger partial charge on any atom is -0.381 e. The Kier molecular flexibility index (Phi) is 4.27. The second-order valence-electron chi connectivity index (χ2n) is 7.07. The number of nitrogens with zero attached hydrogens (tertiary/aromatic N) is 7. The Bertz CT molecular complexity index is 1260. The van der Waals surface area contributed by atoms with E-state index in [0.29, 0.717) is 16.8 Å². The normalized spacial score (nSPS) is 14.2. The van der Waals surface area contributed by atoms with Crippen LogP contribution in [0.25, 0.3) is 16.9 Å². The predicted octanol–water partition coefficient (Wildman–Crippen LogP) is 2.09. The largest absolute Gasteiger partial charge is 0.434 e. The number of benzene rings is 1. The van der Waals surface area contributed by atoms with Crippen LogP contribution in [0.5, 0.6) is 0 Å². The summed E-state index contributed by atoms with van der Waals surface area (Å²) in [6, 6.07) is 5.11. The van der Waals surface area contributed by atoms with Crippen LogP contribution in [0.1, 0.15) is 29.6 Å². The minimum atomic E-state index is -4.66. The van der Waals surface area contributed by atoms with E-state index in [1.807, 2.05) is 0 Å². The fourth-order valence-electron chi connectivity index (χ4n) is 3.32. The molecule has 0 bridgehead atoms. The van der Waals surface area contributed by atoms with Gasteiger partial charge in [-0.15, -0.1) is 5.10 Å². The van der Waals surface area contributed by atoms with Gasteiger partial charge in [-0.2, -0.15) is 13.2 Å². The molecule has 0 fully saturated rings. The van der Waals surface area contributed by atoms with E-state index in [2.05, 4.69) is 25.5 Å². The highest BCUT2D eigenvalue weighted by atomic mass is 19.4. The molecule has 0 aliphatic rings. The number of alkyl halides is 3. The standard InChI is InChI=1S/C18H17F3N8O/c1-9-4-5-10(17(2,30)16-25-26-27-28(16)3)6-11(9)12-7-23-15-14(22)24-13(8-29(12)15)18(19,20)21/h4-8,30H,1-3H3,(H2,22,24). The molecule has 3 N–H and O–H groups in total. The third-order valence-electron chi connectivity index (χ3n) is 4.94. The lowest BCUT2D eigenvalue weighted by Crippen LogP contribution is -2.27. The summed E-state index contributed by atoms with van der Waals surface area (Å²) in [5, 5.41) is 22.2. The van der Waals surface area contributed by atoms with E-state index in [1.54, 1.807) is 32.2 Å². The molecule has 1 unspecified atom stereocenters. The van der Waals surface area contributed by atoms with E-state index in [0.717, 1.165) is 11.8 Å². The molecule has 0 radical (unpaired) electrons. The van der Waals surface area contributed by atoms with Gasteiger partial charge >= 0.3 is 6.18 Å². The van der Waals surface area contributed by atoms with Gasteiger partial charge in [0, 0.05) is 18.8 Å². The maximum Gasteiger partial charge on any atom is 0.434 e. The zero-order chi connectivity index (χ0) is 21.8. The summed E-state index contributed by atoms with van der Waals surface area (Å²) in [6.07, 6.45) is -2.40. The third-order valence-corrected chi connectivity index (χ3v) is 4.94. The number of hydrogen-bond acceptors (Lipinski definition) is 7. The molecule has 0 saturated carbocycles. The molecule has 156 valence electrons. The molecule has 4 rings (SSSR count). The van der Waals surface area contributed by atoms with Gasteiger partial charge in [0.25, 0.3) is 0 Å². The Labute approximate surface area is 168 Å². The van der Waals surface area contributed by atoms with E-state index >= 15 is 0 Å². The van der Waals surface area contributed by atoms with Crippen molar-refractivity contribution in [3.8, 4) is 11.3 Å². The van der Waals surface area contributed by atoms with Gasteiger partial charge in [-0.3, -0.25) is 4.40 Å². The smallest absolute Gasteiger partial charge is 0.381 e. The number of aryl methyl sites for hydroxylation is 2. The van der Waals surface area contributed by atoms with Crippen LogP contribution in [-0.4, -0.2) is 39.7 Å². The molecule has 9 nitrogen and oxygen atoms in total. The third kappa shape index (κ3) is 3.05. The van der Waals surface area contributed by atoms with Crippen LogP contribution in [0.15, 0.2) is 30.6 Å². The number of imidazole rings is 1. The number of anilines is 1.